The summed E-state index contributed by atoms with van der Waals surface area (Å²) in [5, 5.41) is 26.6. The minimum atomic E-state index is -1.23. The van der Waals surface area contributed by atoms with E-state index in [9.17, 15) is 14.7 Å². The van der Waals surface area contributed by atoms with Crippen molar-refractivity contribution in [3.05, 3.63) is 46.0 Å². The van der Waals surface area contributed by atoms with Crippen LogP contribution in [0.15, 0.2) is 12.4 Å². The van der Waals surface area contributed by atoms with Gasteiger partial charge in [0, 0.05) is 49.7 Å². The van der Waals surface area contributed by atoms with Crippen molar-refractivity contribution in [1.29, 1.82) is 0 Å². The Hall–Kier alpha value is -4.88. The molecule has 4 aliphatic carbocycles. The van der Waals surface area contributed by atoms with Gasteiger partial charge in [0.15, 0.2) is 5.69 Å². The number of rotatable bonds is 7. The number of hydrogen-bond donors (Lipinski definition) is 2. The molecule has 4 aliphatic rings. The van der Waals surface area contributed by atoms with Crippen LogP contribution in [0.4, 0.5) is 11.9 Å². The average Bonchev–Trinajstić information content (AvgIpc) is 3.90. The predicted molar refractivity (Wildman–Crippen MR) is 182 cm³/mol. The topological polar surface area (TPSA) is 178 Å². The molecule has 260 valence electrons. The normalized spacial score (nSPS) is 16.3. The van der Waals surface area contributed by atoms with Crippen LogP contribution in [0, 0.1) is 0 Å². The Labute approximate surface area is 286 Å². The number of carbonyl (C=O) groups is 2. The van der Waals surface area contributed by atoms with Crippen LogP contribution in [-0.4, -0.2) is 70.1 Å². The maximum Gasteiger partial charge on any atom is 0.359 e. The van der Waals surface area contributed by atoms with Gasteiger partial charge in [0.05, 0.1) is 35.4 Å². The van der Waals surface area contributed by atoms with E-state index in [1.807, 2.05) is 19.4 Å². The molecule has 0 unspecified atom stereocenters. The third kappa shape index (κ3) is 6.73. The minimum Gasteiger partial charge on any atom is -0.543 e. The van der Waals surface area contributed by atoms with Gasteiger partial charge in [-0.05, 0) is 69.4 Å². The van der Waals surface area contributed by atoms with Gasteiger partial charge < -0.3 is 25.3 Å². The van der Waals surface area contributed by atoms with Crippen LogP contribution in [0.3, 0.4) is 0 Å². The van der Waals surface area contributed by atoms with Crippen LogP contribution in [0.2, 0.25) is 0 Å². The molecule has 4 heterocycles. The highest BCUT2D eigenvalue weighted by Gasteiger charge is 2.30. The Bertz CT molecular complexity index is 1850. The highest BCUT2D eigenvalue weighted by atomic mass is 16.5. The van der Waals surface area contributed by atoms with Gasteiger partial charge in [-0.3, -0.25) is 9.36 Å². The van der Waals surface area contributed by atoms with E-state index in [4.69, 9.17) is 9.72 Å². The lowest BCUT2D eigenvalue weighted by Crippen LogP contribution is -2.24. The van der Waals surface area contributed by atoms with Crippen LogP contribution in [0.1, 0.15) is 109 Å². The van der Waals surface area contributed by atoms with Gasteiger partial charge in [-0.25, -0.2) is 24.7 Å². The monoisotopic (exact) mass is 669 g/mol. The van der Waals surface area contributed by atoms with Crippen molar-refractivity contribution in [2.45, 2.75) is 103 Å². The van der Waals surface area contributed by atoms with Crippen molar-refractivity contribution in [3.63, 3.8) is 0 Å². The molecule has 4 aromatic heterocycles. The minimum absolute atomic E-state index is 0. The SMILES string of the molecule is C.CCOC(=O)c1nn(C)c2c1CCc1cnc(NC3CCCC3)nc1-2.Cn1nc(C(=O)[O-])c2c1-c1nc(NC3CCCC3)ncc1CC2. The molecule has 4 aromatic rings. The highest BCUT2D eigenvalue weighted by molar-refractivity contribution is 5.92. The van der Waals surface area contributed by atoms with Gasteiger partial charge in [0.1, 0.15) is 5.69 Å². The van der Waals surface area contributed by atoms with E-state index >= 15 is 0 Å². The molecule has 0 atom stereocenters. The molecule has 8 rings (SSSR count). The van der Waals surface area contributed by atoms with E-state index in [0.29, 0.717) is 48.3 Å². The summed E-state index contributed by atoms with van der Waals surface area (Å²) < 4.78 is 8.48. The summed E-state index contributed by atoms with van der Waals surface area (Å²) in [4.78, 5) is 41.8. The van der Waals surface area contributed by atoms with Crippen LogP contribution in [-0.2, 0) is 44.5 Å². The molecule has 2 saturated carbocycles. The number of aromatic carboxylic acids is 1. The fraction of sp³-hybridized carbons (Fsp3) is 0.543. The Balaban J connectivity index is 0.000000167. The number of carboxylic acids is 1. The van der Waals surface area contributed by atoms with Crippen molar-refractivity contribution >= 4 is 23.8 Å². The van der Waals surface area contributed by atoms with Gasteiger partial charge in [-0.1, -0.05) is 33.1 Å². The number of fused-ring (bicyclic) bond motifs is 6. The van der Waals surface area contributed by atoms with Crippen molar-refractivity contribution in [2.24, 2.45) is 14.1 Å². The third-order valence-corrected chi connectivity index (χ3v) is 9.80. The summed E-state index contributed by atoms with van der Waals surface area (Å²) in [5.41, 5.74) is 7.54. The quantitative estimate of drug-likeness (QED) is 0.272. The molecular weight excluding hydrogens is 624 g/mol. The lowest BCUT2D eigenvalue weighted by atomic mass is 9.93. The fourth-order valence-corrected chi connectivity index (χ4v) is 7.48. The number of nitrogens with one attached hydrogen (secondary N) is 2. The number of ether oxygens (including phenoxy) is 1. The number of anilines is 2. The van der Waals surface area contributed by atoms with Crippen LogP contribution in [0.25, 0.3) is 22.8 Å². The Kier molecular flexibility index (Phi) is 9.93. The van der Waals surface area contributed by atoms with E-state index in [1.165, 1.54) is 38.5 Å². The lowest BCUT2D eigenvalue weighted by molar-refractivity contribution is -0.255. The molecular formula is C35H45N10O4-. The molecule has 2 fully saturated rings. The molecule has 0 spiro atoms. The van der Waals surface area contributed by atoms with Gasteiger partial charge in [-0.2, -0.15) is 10.2 Å². The summed E-state index contributed by atoms with van der Waals surface area (Å²) >= 11 is 0. The maximum absolute atomic E-state index is 12.2. The molecule has 0 aliphatic heterocycles. The third-order valence-electron chi connectivity index (χ3n) is 9.80. The predicted octanol–water partition coefficient (Wildman–Crippen LogP) is 3.84. The first-order chi connectivity index (χ1) is 23.3. The summed E-state index contributed by atoms with van der Waals surface area (Å²) in [5.74, 6) is -0.318. The zero-order valence-corrected chi connectivity index (χ0v) is 27.7. The lowest BCUT2D eigenvalue weighted by Gasteiger charge is -2.19. The van der Waals surface area contributed by atoms with Crippen LogP contribution < -0.4 is 15.7 Å². The number of aryl methyl sites for hydroxylation is 4. The first kappa shape index (κ1) is 34.0. The summed E-state index contributed by atoms with van der Waals surface area (Å²) in [6.45, 7) is 2.15. The molecule has 49 heavy (non-hydrogen) atoms. The van der Waals surface area contributed by atoms with Gasteiger partial charge in [0.25, 0.3) is 0 Å². The zero-order chi connectivity index (χ0) is 33.4. The maximum atomic E-state index is 12.2. The second-order valence-electron chi connectivity index (χ2n) is 13.0. The molecule has 0 saturated heterocycles. The smallest absolute Gasteiger partial charge is 0.359 e. The van der Waals surface area contributed by atoms with Crippen LogP contribution in [0.5, 0.6) is 0 Å². The van der Waals surface area contributed by atoms with Gasteiger partial charge in [0.2, 0.25) is 11.9 Å². The summed E-state index contributed by atoms with van der Waals surface area (Å²) in [6.07, 6.45) is 16.3. The van der Waals surface area contributed by atoms with Crippen LogP contribution >= 0.6 is 0 Å². The number of nitrogens with zero attached hydrogens (tertiary/aromatic N) is 8. The van der Waals surface area contributed by atoms with Gasteiger partial charge >= 0.3 is 5.97 Å². The average molecular weight is 670 g/mol. The van der Waals surface area contributed by atoms with E-state index in [1.54, 1.807) is 23.3 Å². The van der Waals surface area contributed by atoms with Crippen molar-refractivity contribution in [1.82, 2.24) is 39.5 Å². The van der Waals surface area contributed by atoms with Crippen molar-refractivity contribution in [2.75, 3.05) is 17.2 Å². The van der Waals surface area contributed by atoms with E-state index in [0.717, 1.165) is 71.6 Å². The van der Waals surface area contributed by atoms with E-state index < -0.39 is 5.97 Å². The highest BCUT2D eigenvalue weighted by Crippen LogP contribution is 2.36. The van der Waals surface area contributed by atoms with E-state index in [-0.39, 0.29) is 19.1 Å². The molecule has 0 radical (unpaired) electrons. The van der Waals surface area contributed by atoms with E-state index in [2.05, 4.69) is 35.8 Å². The standard InChI is InChI=1S/C18H23N5O2.C16H19N5O2.CH4/c1-3-25-17(24)15-13-9-8-11-10-19-18(20-12-6-4-5-7-12)21-14(11)16(13)23(2)22-15;1-21-14-11(13(20-21)15(22)23)7-6-9-8-17-16(19-12(9)14)18-10-4-2-3-5-10;/h10,12H,3-9H2,1-2H3,(H,19,20,21);8,10H,2-7H2,1H3,(H,22,23)(H,17,18,19);1H4/p-1. The summed E-state index contributed by atoms with van der Waals surface area (Å²) in [6, 6.07) is 0.893. The van der Waals surface area contributed by atoms with Gasteiger partial charge in [-0.15, -0.1) is 0 Å². The number of esters is 1. The fourth-order valence-electron chi connectivity index (χ4n) is 7.48. The number of aromatic nitrogens is 8. The molecule has 2 N–H and O–H groups in total. The first-order valence-electron chi connectivity index (χ1n) is 17.1. The molecule has 14 heteroatoms. The molecule has 0 bridgehead atoms. The van der Waals surface area contributed by atoms with Crippen molar-refractivity contribution in [3.8, 4) is 22.8 Å². The molecule has 14 nitrogen and oxygen atoms in total. The Morgan fingerprint density at radius 1 is 0.776 bits per heavy atom. The largest absolute Gasteiger partial charge is 0.543 e. The number of hydrogen-bond acceptors (Lipinski definition) is 12. The second kappa shape index (κ2) is 14.3. The number of carbonyl (C=O) groups excluding carboxylic acids is 2. The molecule has 0 amide bonds. The van der Waals surface area contributed by atoms with Crippen molar-refractivity contribution < 1.29 is 19.4 Å². The second-order valence-corrected chi connectivity index (χ2v) is 13.0. The summed E-state index contributed by atoms with van der Waals surface area (Å²) in [7, 11) is 3.59. The molecule has 0 aromatic carbocycles. The number of carboxylic acid groups (broad SMARTS) is 1. The Morgan fingerprint density at radius 3 is 1.67 bits per heavy atom. The zero-order valence-electron chi connectivity index (χ0n) is 27.7. The Morgan fingerprint density at radius 2 is 1.22 bits per heavy atom. The first-order valence-corrected chi connectivity index (χ1v) is 17.1.